The van der Waals surface area contributed by atoms with E-state index in [0.29, 0.717) is 57.2 Å². The van der Waals surface area contributed by atoms with Crippen LogP contribution in [0.15, 0.2) is 23.1 Å². The van der Waals surface area contributed by atoms with Crippen molar-refractivity contribution in [1.29, 1.82) is 0 Å². The summed E-state index contributed by atoms with van der Waals surface area (Å²) in [6.45, 7) is 6.14. The van der Waals surface area contributed by atoms with Crippen molar-refractivity contribution >= 4 is 15.9 Å². The molecule has 1 aromatic rings. The van der Waals surface area contributed by atoms with Crippen LogP contribution >= 0.6 is 0 Å². The zero-order valence-electron chi connectivity index (χ0n) is 14.6. The topological polar surface area (TPSA) is 76.2 Å². The molecule has 25 heavy (non-hydrogen) atoms. The number of carbonyl (C=O) groups excluding carboxylic acids is 1. The van der Waals surface area contributed by atoms with E-state index in [9.17, 15) is 13.2 Å². The Bertz CT molecular complexity index is 745. The molecule has 0 aliphatic carbocycles. The van der Waals surface area contributed by atoms with Crippen molar-refractivity contribution in [1.82, 2.24) is 9.21 Å². The van der Waals surface area contributed by atoms with Crippen molar-refractivity contribution in [3.05, 3.63) is 18.2 Å². The molecule has 1 aromatic carbocycles. The van der Waals surface area contributed by atoms with E-state index in [1.807, 2.05) is 13.8 Å². The Morgan fingerprint density at radius 2 is 1.88 bits per heavy atom. The number of carbonyl (C=O) groups is 1. The molecule has 0 bridgehead atoms. The van der Waals surface area contributed by atoms with Crippen LogP contribution in [0, 0.1) is 0 Å². The van der Waals surface area contributed by atoms with Crippen LogP contribution in [0.2, 0.25) is 0 Å². The number of sulfonamides is 1. The smallest absolute Gasteiger partial charge is 0.243 e. The summed E-state index contributed by atoms with van der Waals surface area (Å²) in [6, 6.07) is 3.98. The van der Waals surface area contributed by atoms with Crippen LogP contribution in [-0.2, 0) is 14.8 Å². The molecule has 1 fully saturated rings. The minimum Gasteiger partial charge on any atom is -0.486 e. The van der Waals surface area contributed by atoms with E-state index < -0.39 is 16.1 Å². The summed E-state index contributed by atoms with van der Waals surface area (Å²) in [6.07, 6.45) is 1.24. The van der Waals surface area contributed by atoms with Gasteiger partial charge in [0.25, 0.3) is 0 Å². The first-order chi connectivity index (χ1) is 12.0. The molecule has 0 spiro atoms. The zero-order valence-corrected chi connectivity index (χ0v) is 15.4. The highest BCUT2D eigenvalue weighted by Crippen LogP contribution is 2.35. The van der Waals surface area contributed by atoms with Gasteiger partial charge in [-0.15, -0.1) is 0 Å². The van der Waals surface area contributed by atoms with Crippen LogP contribution in [0.4, 0.5) is 0 Å². The Morgan fingerprint density at radius 3 is 2.56 bits per heavy atom. The summed E-state index contributed by atoms with van der Waals surface area (Å²) < 4.78 is 38.4. The molecule has 1 saturated heterocycles. The molecular weight excluding hydrogens is 344 g/mol. The normalized spacial score (nSPS) is 20.5. The Hall–Kier alpha value is -1.80. The van der Waals surface area contributed by atoms with Gasteiger partial charge in [-0.3, -0.25) is 4.79 Å². The molecule has 7 nitrogen and oxygen atoms in total. The standard InChI is InChI=1S/C17H24N2O5S/c1-3-18(4-2)17(20)14-6-5-9-19(14)25(21,22)13-7-8-15-16(12-13)24-11-10-23-15/h7-8,12,14H,3-6,9-11H2,1-2H3/t14-/m1/s1. The summed E-state index contributed by atoms with van der Waals surface area (Å²) in [5.74, 6) is 0.851. The fourth-order valence-electron chi connectivity index (χ4n) is 3.34. The van der Waals surface area contributed by atoms with Gasteiger partial charge in [0.2, 0.25) is 15.9 Å². The Kier molecular flexibility index (Phi) is 5.19. The van der Waals surface area contributed by atoms with Gasteiger partial charge in [-0.1, -0.05) is 0 Å². The highest BCUT2D eigenvalue weighted by Gasteiger charge is 2.41. The molecule has 0 unspecified atom stereocenters. The number of hydrogen-bond acceptors (Lipinski definition) is 5. The van der Waals surface area contributed by atoms with Crippen LogP contribution < -0.4 is 9.47 Å². The number of amides is 1. The maximum atomic E-state index is 13.1. The molecule has 1 amide bonds. The second-order valence-electron chi connectivity index (χ2n) is 6.09. The zero-order chi connectivity index (χ0) is 18.0. The Morgan fingerprint density at radius 1 is 1.20 bits per heavy atom. The van der Waals surface area contributed by atoms with Crippen molar-refractivity contribution in [2.45, 2.75) is 37.6 Å². The molecule has 8 heteroatoms. The van der Waals surface area contributed by atoms with E-state index in [1.54, 1.807) is 11.0 Å². The van der Waals surface area contributed by atoms with Crippen LogP contribution in [-0.4, -0.2) is 62.4 Å². The van der Waals surface area contributed by atoms with Gasteiger partial charge in [-0.2, -0.15) is 4.31 Å². The third-order valence-corrected chi connectivity index (χ3v) is 6.59. The number of benzene rings is 1. The lowest BCUT2D eigenvalue weighted by molar-refractivity contribution is -0.134. The van der Waals surface area contributed by atoms with Crippen molar-refractivity contribution in [2.75, 3.05) is 32.8 Å². The third kappa shape index (κ3) is 3.32. The van der Waals surface area contributed by atoms with E-state index in [-0.39, 0.29) is 10.8 Å². The van der Waals surface area contributed by atoms with Crippen molar-refractivity contribution < 1.29 is 22.7 Å². The van der Waals surface area contributed by atoms with Gasteiger partial charge in [-0.05, 0) is 38.8 Å². The lowest BCUT2D eigenvalue weighted by Crippen LogP contribution is -2.47. The quantitative estimate of drug-likeness (QED) is 0.787. The molecule has 138 valence electrons. The van der Waals surface area contributed by atoms with Gasteiger partial charge in [0.1, 0.15) is 19.3 Å². The van der Waals surface area contributed by atoms with E-state index in [0.717, 1.165) is 0 Å². The largest absolute Gasteiger partial charge is 0.486 e. The first kappa shape index (κ1) is 18.0. The Labute approximate surface area is 148 Å². The van der Waals surface area contributed by atoms with Gasteiger partial charge < -0.3 is 14.4 Å². The maximum absolute atomic E-state index is 13.1. The molecule has 3 rings (SSSR count). The van der Waals surface area contributed by atoms with Crippen LogP contribution in [0.1, 0.15) is 26.7 Å². The average molecular weight is 368 g/mol. The van der Waals surface area contributed by atoms with Crippen LogP contribution in [0.5, 0.6) is 11.5 Å². The second kappa shape index (κ2) is 7.21. The summed E-state index contributed by atoms with van der Waals surface area (Å²) in [7, 11) is -3.77. The fraction of sp³-hybridized carbons (Fsp3) is 0.588. The molecule has 2 heterocycles. The summed E-state index contributed by atoms with van der Waals surface area (Å²) in [4.78, 5) is 14.5. The lowest BCUT2D eigenvalue weighted by atomic mass is 10.2. The minimum atomic E-state index is -3.77. The van der Waals surface area contributed by atoms with Crippen molar-refractivity contribution in [3.8, 4) is 11.5 Å². The van der Waals surface area contributed by atoms with Gasteiger partial charge in [0.05, 0.1) is 4.90 Å². The summed E-state index contributed by atoms with van der Waals surface area (Å²) in [5, 5.41) is 0. The van der Waals surface area contributed by atoms with E-state index >= 15 is 0 Å². The predicted molar refractivity (Wildman–Crippen MR) is 92.3 cm³/mol. The van der Waals surface area contributed by atoms with Crippen LogP contribution in [0.3, 0.4) is 0 Å². The number of nitrogens with zero attached hydrogens (tertiary/aromatic N) is 2. The monoisotopic (exact) mass is 368 g/mol. The molecule has 1 atom stereocenters. The fourth-order valence-corrected chi connectivity index (χ4v) is 5.01. The molecule has 2 aliphatic heterocycles. The molecule has 0 aromatic heterocycles. The second-order valence-corrected chi connectivity index (χ2v) is 7.98. The number of fused-ring (bicyclic) bond motifs is 1. The van der Waals surface area contributed by atoms with Crippen molar-refractivity contribution in [2.24, 2.45) is 0 Å². The highest BCUT2D eigenvalue weighted by atomic mass is 32.2. The molecule has 0 N–H and O–H groups in total. The summed E-state index contributed by atoms with van der Waals surface area (Å²) >= 11 is 0. The SMILES string of the molecule is CCN(CC)C(=O)[C@H]1CCCN1S(=O)(=O)c1ccc2c(c1)OCCO2. The number of ether oxygens (including phenoxy) is 2. The number of hydrogen-bond donors (Lipinski definition) is 0. The number of rotatable bonds is 5. The van der Waals surface area contributed by atoms with E-state index in [2.05, 4.69) is 0 Å². The van der Waals surface area contributed by atoms with Gasteiger partial charge in [-0.25, -0.2) is 8.42 Å². The third-order valence-electron chi connectivity index (χ3n) is 4.68. The van der Waals surface area contributed by atoms with Gasteiger partial charge in [0.15, 0.2) is 11.5 Å². The molecular formula is C17H24N2O5S. The van der Waals surface area contributed by atoms with Crippen molar-refractivity contribution in [3.63, 3.8) is 0 Å². The molecule has 2 aliphatic rings. The summed E-state index contributed by atoms with van der Waals surface area (Å²) in [5.41, 5.74) is 0. The van der Waals surface area contributed by atoms with Gasteiger partial charge in [0, 0.05) is 25.7 Å². The maximum Gasteiger partial charge on any atom is 0.243 e. The highest BCUT2D eigenvalue weighted by molar-refractivity contribution is 7.89. The molecule has 0 saturated carbocycles. The van der Waals surface area contributed by atoms with Crippen LogP contribution in [0.25, 0.3) is 0 Å². The number of likely N-dealkylation sites (N-methyl/N-ethyl adjacent to an activating group) is 1. The van der Waals surface area contributed by atoms with Gasteiger partial charge >= 0.3 is 0 Å². The lowest BCUT2D eigenvalue weighted by Gasteiger charge is -2.28. The first-order valence-electron chi connectivity index (χ1n) is 8.69. The van der Waals surface area contributed by atoms with E-state index in [1.165, 1.54) is 16.4 Å². The van der Waals surface area contributed by atoms with E-state index in [4.69, 9.17) is 9.47 Å². The first-order valence-corrected chi connectivity index (χ1v) is 10.1. The average Bonchev–Trinajstić information content (AvgIpc) is 3.13. The molecule has 0 radical (unpaired) electrons. The Balaban J connectivity index is 1.89. The minimum absolute atomic E-state index is 0.122. The predicted octanol–water partition coefficient (Wildman–Crippen LogP) is 1.48.